The largest absolute Gasteiger partial charge is 0.328 e. The normalized spacial score (nSPS) is 12.8. The van der Waals surface area contributed by atoms with Gasteiger partial charge in [0.2, 0.25) is 0 Å². The average molecular weight is 235 g/mol. The van der Waals surface area contributed by atoms with Gasteiger partial charge in [0.1, 0.15) is 0 Å². The van der Waals surface area contributed by atoms with E-state index in [0.717, 1.165) is 5.56 Å². The fourth-order valence-electron chi connectivity index (χ4n) is 1.28. The Morgan fingerprint density at radius 2 is 2.00 bits per heavy atom. The van der Waals surface area contributed by atoms with Crippen LogP contribution in [-0.2, 0) is 9.84 Å². The first-order valence-electron chi connectivity index (χ1n) is 4.80. The molecule has 0 amide bonds. The van der Waals surface area contributed by atoms with Crippen LogP contribution >= 0.6 is 0 Å². The Kier molecular flexibility index (Phi) is 3.86. The van der Waals surface area contributed by atoms with Crippen LogP contribution in [0.1, 0.15) is 12.0 Å². The number of sulfone groups is 1. The minimum Gasteiger partial charge on any atom is -0.296 e. The van der Waals surface area contributed by atoms with Crippen LogP contribution < -0.4 is 0 Å². The lowest BCUT2D eigenvalue weighted by Gasteiger charge is -2.05. The number of hydrogen-bond acceptors (Lipinski definition) is 2. The molecule has 84 valence electrons. The van der Waals surface area contributed by atoms with Crippen LogP contribution in [0.4, 0.5) is 0 Å². The summed E-state index contributed by atoms with van der Waals surface area (Å²) in [4.78, 5) is 3.33. The molecular weight excluding hydrogens is 222 g/mol. The highest BCUT2D eigenvalue weighted by Crippen LogP contribution is 2.20. The van der Waals surface area contributed by atoms with E-state index in [2.05, 4.69) is 11.4 Å². The molecule has 4 heteroatoms. The second-order valence-electron chi connectivity index (χ2n) is 3.47. The predicted octanol–water partition coefficient (Wildman–Crippen LogP) is 2.59. The lowest BCUT2D eigenvalue weighted by Crippen LogP contribution is -2.17. The standard InChI is InChI=1S/C12H13NO2S/c1-4-5-12(13-3)16(14,15)11-8-6-10(2)7-9-11/h4,6-9,12H,1,5H2,2H3. The molecule has 0 fully saturated rings. The first-order valence-corrected chi connectivity index (χ1v) is 6.35. The van der Waals surface area contributed by atoms with Crippen molar-refractivity contribution in [2.75, 3.05) is 0 Å². The Bertz CT molecular complexity index is 509. The molecule has 1 unspecified atom stereocenters. The SMILES string of the molecule is [C-]#[N+]C(CC=C)S(=O)(=O)c1ccc(C)cc1. The lowest BCUT2D eigenvalue weighted by molar-refractivity contribution is 0.588. The highest BCUT2D eigenvalue weighted by atomic mass is 32.2. The number of nitrogens with zero attached hydrogens (tertiary/aromatic N) is 1. The van der Waals surface area contributed by atoms with Gasteiger partial charge >= 0.3 is 5.37 Å². The molecule has 0 heterocycles. The minimum absolute atomic E-state index is 0.152. The van der Waals surface area contributed by atoms with Crippen LogP contribution in [0.5, 0.6) is 0 Å². The van der Waals surface area contributed by atoms with Crippen LogP contribution in [0, 0.1) is 13.5 Å². The molecule has 1 atom stereocenters. The van der Waals surface area contributed by atoms with Crippen molar-refractivity contribution in [3.63, 3.8) is 0 Å². The molecular formula is C12H13NO2S. The van der Waals surface area contributed by atoms with Gasteiger partial charge in [-0.25, -0.2) is 15.0 Å². The third kappa shape index (κ3) is 2.50. The quantitative estimate of drug-likeness (QED) is 0.594. The summed E-state index contributed by atoms with van der Waals surface area (Å²) in [6, 6.07) is 6.52. The van der Waals surface area contributed by atoms with Crippen molar-refractivity contribution in [2.45, 2.75) is 23.6 Å². The topological polar surface area (TPSA) is 38.5 Å². The summed E-state index contributed by atoms with van der Waals surface area (Å²) in [6.07, 6.45) is 1.61. The second kappa shape index (κ2) is 4.95. The van der Waals surface area contributed by atoms with Gasteiger partial charge in [-0.15, -0.1) is 6.58 Å². The van der Waals surface area contributed by atoms with Gasteiger partial charge in [-0.1, -0.05) is 23.8 Å². The molecule has 0 saturated carbocycles. The Morgan fingerprint density at radius 3 is 2.44 bits per heavy atom. The van der Waals surface area contributed by atoms with Crippen molar-refractivity contribution in [1.82, 2.24) is 0 Å². The van der Waals surface area contributed by atoms with E-state index < -0.39 is 15.2 Å². The van der Waals surface area contributed by atoms with Gasteiger partial charge in [-0.3, -0.25) is 4.85 Å². The molecule has 0 radical (unpaired) electrons. The van der Waals surface area contributed by atoms with Crippen LogP contribution in [0.25, 0.3) is 4.85 Å². The molecule has 0 aromatic heterocycles. The molecule has 1 aromatic rings. The van der Waals surface area contributed by atoms with Crippen molar-refractivity contribution < 1.29 is 8.42 Å². The first-order chi connectivity index (χ1) is 7.52. The van der Waals surface area contributed by atoms with Crippen molar-refractivity contribution >= 4 is 9.84 Å². The van der Waals surface area contributed by atoms with Crippen molar-refractivity contribution in [3.8, 4) is 0 Å². The maximum Gasteiger partial charge on any atom is 0.328 e. The van der Waals surface area contributed by atoms with Crippen molar-refractivity contribution in [2.24, 2.45) is 0 Å². The van der Waals surface area contributed by atoms with Crippen LogP contribution in [-0.4, -0.2) is 13.8 Å². The molecule has 0 aliphatic carbocycles. The van der Waals surface area contributed by atoms with Gasteiger partial charge < -0.3 is 0 Å². The molecule has 0 N–H and O–H groups in total. The number of rotatable bonds is 4. The first kappa shape index (κ1) is 12.5. The summed E-state index contributed by atoms with van der Waals surface area (Å²) in [5.41, 5.74) is 0.988. The smallest absolute Gasteiger partial charge is 0.296 e. The highest BCUT2D eigenvalue weighted by Gasteiger charge is 2.30. The Hall–Kier alpha value is -1.60. The molecule has 0 aliphatic rings. The van der Waals surface area contributed by atoms with Gasteiger partial charge in [0.15, 0.2) is 0 Å². The van der Waals surface area contributed by atoms with E-state index in [4.69, 9.17) is 6.57 Å². The molecule has 0 spiro atoms. The minimum atomic E-state index is -3.56. The fourth-order valence-corrected chi connectivity index (χ4v) is 2.63. The highest BCUT2D eigenvalue weighted by molar-refractivity contribution is 7.92. The van der Waals surface area contributed by atoms with Crippen molar-refractivity contribution in [1.29, 1.82) is 0 Å². The molecule has 0 saturated heterocycles. The van der Waals surface area contributed by atoms with E-state index >= 15 is 0 Å². The number of hydrogen-bond donors (Lipinski definition) is 0. The third-order valence-corrected chi connectivity index (χ3v) is 4.16. The second-order valence-corrected chi connectivity index (χ2v) is 5.57. The monoisotopic (exact) mass is 235 g/mol. The van der Waals surface area contributed by atoms with Gasteiger partial charge in [-0.2, -0.15) is 0 Å². The molecule has 16 heavy (non-hydrogen) atoms. The summed E-state index contributed by atoms with van der Waals surface area (Å²) >= 11 is 0. The van der Waals surface area contributed by atoms with Crippen LogP contribution in [0.3, 0.4) is 0 Å². The summed E-state index contributed by atoms with van der Waals surface area (Å²) in [5.74, 6) is 0. The van der Waals surface area contributed by atoms with E-state index in [1.54, 1.807) is 12.1 Å². The molecule has 3 nitrogen and oxygen atoms in total. The number of benzene rings is 1. The van der Waals surface area contributed by atoms with Gasteiger partial charge in [0.25, 0.3) is 9.84 Å². The van der Waals surface area contributed by atoms with Gasteiger partial charge in [-0.05, 0) is 19.1 Å². The molecule has 0 bridgehead atoms. The van der Waals surface area contributed by atoms with Gasteiger partial charge in [0, 0.05) is 0 Å². The average Bonchev–Trinajstić information content (AvgIpc) is 2.26. The van der Waals surface area contributed by atoms with E-state index in [1.165, 1.54) is 18.2 Å². The predicted molar refractivity (Wildman–Crippen MR) is 63.6 cm³/mol. The van der Waals surface area contributed by atoms with E-state index in [1.807, 2.05) is 6.92 Å². The van der Waals surface area contributed by atoms with E-state index in [9.17, 15) is 8.42 Å². The Balaban J connectivity index is 3.15. The maximum absolute atomic E-state index is 12.0. The molecule has 1 rings (SSSR count). The van der Waals surface area contributed by atoms with Crippen LogP contribution in [0.15, 0.2) is 41.8 Å². The third-order valence-electron chi connectivity index (χ3n) is 2.22. The summed E-state index contributed by atoms with van der Waals surface area (Å²) in [6.45, 7) is 12.3. The summed E-state index contributed by atoms with van der Waals surface area (Å²) < 4.78 is 24.0. The van der Waals surface area contributed by atoms with Crippen molar-refractivity contribution in [3.05, 3.63) is 53.9 Å². The van der Waals surface area contributed by atoms with E-state index in [0.29, 0.717) is 0 Å². The molecule has 0 aliphatic heterocycles. The fraction of sp³-hybridized carbons (Fsp3) is 0.250. The summed E-state index contributed by atoms with van der Waals surface area (Å²) in [5, 5.41) is -1.06. The van der Waals surface area contributed by atoms with Crippen LogP contribution in [0.2, 0.25) is 0 Å². The van der Waals surface area contributed by atoms with Gasteiger partial charge in [0.05, 0.1) is 11.3 Å². The Labute approximate surface area is 96.2 Å². The number of aryl methyl sites for hydroxylation is 1. The zero-order chi connectivity index (χ0) is 12.2. The zero-order valence-corrected chi connectivity index (χ0v) is 9.87. The summed E-state index contributed by atoms with van der Waals surface area (Å²) in [7, 11) is -3.56. The van der Waals surface area contributed by atoms with E-state index in [-0.39, 0.29) is 11.3 Å². The molecule has 1 aromatic carbocycles. The Morgan fingerprint density at radius 1 is 1.44 bits per heavy atom. The maximum atomic E-state index is 12.0. The zero-order valence-electron chi connectivity index (χ0n) is 9.05. The lowest BCUT2D eigenvalue weighted by atomic mass is 10.2.